The van der Waals surface area contributed by atoms with Crippen molar-refractivity contribution in [2.75, 3.05) is 25.6 Å². The Hall–Kier alpha value is -4.29. The highest BCUT2D eigenvalue weighted by Gasteiger charge is 2.34. The molecule has 0 aliphatic heterocycles. The van der Waals surface area contributed by atoms with Gasteiger partial charge >= 0.3 is 5.69 Å². The highest BCUT2D eigenvalue weighted by Crippen LogP contribution is 2.36. The molecule has 0 saturated heterocycles. The van der Waals surface area contributed by atoms with Gasteiger partial charge in [-0.05, 0) is 42.0 Å². The molecule has 1 amide bonds. The van der Waals surface area contributed by atoms with Crippen molar-refractivity contribution in [3.8, 4) is 22.9 Å². The van der Waals surface area contributed by atoms with E-state index in [1.165, 1.54) is 23.6 Å². The lowest BCUT2D eigenvalue weighted by molar-refractivity contribution is -0.120. The first-order valence-corrected chi connectivity index (χ1v) is 13.4. The standard InChI is InChI=1S/C28H29FN4O6S/c1-4-22(34)21-15-40-27(30-21)32-25(35)24(16(2)18-6-5-7-19(29)14-18)33-26(36)23(31-28(33)37)17-8-10-20(11-9-17)39-13-12-38-3/h5-11,14-16,24,36H,4,12-13H2,1-3H3,(H,31,37)(H,30,32,35)/t16-,24-/m0/s1. The zero-order valence-electron chi connectivity index (χ0n) is 22.1. The molecular formula is C28H29FN4O6S. The van der Waals surface area contributed by atoms with E-state index in [0.29, 0.717) is 30.1 Å². The van der Waals surface area contributed by atoms with Crippen LogP contribution < -0.4 is 15.7 Å². The van der Waals surface area contributed by atoms with Crippen LogP contribution in [-0.4, -0.2) is 51.7 Å². The minimum Gasteiger partial charge on any atom is -0.493 e. The Labute approximate surface area is 233 Å². The summed E-state index contributed by atoms with van der Waals surface area (Å²) >= 11 is 1.06. The van der Waals surface area contributed by atoms with Gasteiger partial charge in [-0.25, -0.2) is 18.7 Å². The third-order valence-corrected chi connectivity index (χ3v) is 7.10. The van der Waals surface area contributed by atoms with Gasteiger partial charge in [0.05, 0.1) is 6.61 Å². The van der Waals surface area contributed by atoms with Crippen LogP contribution in [0.15, 0.2) is 58.7 Å². The first-order chi connectivity index (χ1) is 19.2. The molecule has 40 heavy (non-hydrogen) atoms. The zero-order valence-corrected chi connectivity index (χ0v) is 23.0. The molecule has 210 valence electrons. The van der Waals surface area contributed by atoms with Crippen LogP contribution in [0.3, 0.4) is 0 Å². The lowest BCUT2D eigenvalue weighted by atomic mass is 9.92. The molecule has 3 N–H and O–H groups in total. The molecule has 0 aliphatic rings. The summed E-state index contributed by atoms with van der Waals surface area (Å²) in [7, 11) is 1.57. The molecule has 12 heteroatoms. The summed E-state index contributed by atoms with van der Waals surface area (Å²) in [6.07, 6.45) is 0.256. The fourth-order valence-corrected chi connectivity index (χ4v) is 4.94. The normalized spacial score (nSPS) is 12.6. The number of aromatic amines is 1. The summed E-state index contributed by atoms with van der Waals surface area (Å²) in [4.78, 5) is 45.7. The van der Waals surface area contributed by atoms with Gasteiger partial charge in [0, 0.05) is 30.4 Å². The van der Waals surface area contributed by atoms with E-state index < -0.39 is 35.3 Å². The largest absolute Gasteiger partial charge is 0.493 e. The molecule has 2 heterocycles. The van der Waals surface area contributed by atoms with Gasteiger partial charge in [0.1, 0.15) is 35.6 Å². The summed E-state index contributed by atoms with van der Waals surface area (Å²) < 4.78 is 25.6. The van der Waals surface area contributed by atoms with E-state index in [1.807, 2.05) is 0 Å². The molecular weight excluding hydrogens is 539 g/mol. The van der Waals surface area contributed by atoms with Gasteiger partial charge in [-0.3, -0.25) is 9.59 Å². The minimum atomic E-state index is -1.30. The van der Waals surface area contributed by atoms with Gasteiger partial charge in [-0.15, -0.1) is 11.3 Å². The van der Waals surface area contributed by atoms with E-state index in [-0.39, 0.29) is 28.7 Å². The molecule has 0 saturated carbocycles. The second kappa shape index (κ2) is 12.7. The Balaban J connectivity index is 1.71. The molecule has 0 unspecified atom stereocenters. The van der Waals surface area contributed by atoms with E-state index >= 15 is 0 Å². The van der Waals surface area contributed by atoms with Crippen molar-refractivity contribution in [2.24, 2.45) is 0 Å². The number of nitrogens with zero attached hydrogens (tertiary/aromatic N) is 2. The number of hydrogen-bond donors (Lipinski definition) is 3. The quantitative estimate of drug-likeness (QED) is 0.166. The van der Waals surface area contributed by atoms with Crippen molar-refractivity contribution in [2.45, 2.75) is 32.2 Å². The molecule has 0 spiro atoms. The number of anilines is 1. The SMILES string of the molecule is CCC(=O)c1csc(NC(=O)[C@H]([C@@H](C)c2cccc(F)c2)n2c(O)c(-c3ccc(OCCOC)cc3)[nH]c2=O)n1. The average Bonchev–Trinajstić information content (AvgIpc) is 3.53. The Kier molecular flexibility index (Phi) is 9.12. The van der Waals surface area contributed by atoms with Crippen LogP contribution in [0.1, 0.15) is 48.3 Å². The Bertz CT molecular complexity index is 1540. The molecule has 2 atom stereocenters. The molecule has 4 rings (SSSR count). The van der Waals surface area contributed by atoms with Crippen molar-refractivity contribution in [3.05, 3.63) is 81.5 Å². The summed E-state index contributed by atoms with van der Waals surface area (Å²) in [6.45, 7) is 4.13. The van der Waals surface area contributed by atoms with Gasteiger partial charge in [-0.2, -0.15) is 0 Å². The summed E-state index contributed by atoms with van der Waals surface area (Å²) in [5.74, 6) is -2.01. The average molecular weight is 569 g/mol. The zero-order chi connectivity index (χ0) is 28.8. The highest BCUT2D eigenvalue weighted by atomic mass is 32.1. The van der Waals surface area contributed by atoms with Gasteiger partial charge in [0.25, 0.3) is 0 Å². The van der Waals surface area contributed by atoms with E-state index in [4.69, 9.17) is 9.47 Å². The predicted molar refractivity (Wildman–Crippen MR) is 149 cm³/mol. The number of methoxy groups -OCH3 is 1. The number of halogens is 1. The number of thiazole rings is 1. The predicted octanol–water partition coefficient (Wildman–Crippen LogP) is 4.75. The van der Waals surface area contributed by atoms with Crippen molar-refractivity contribution >= 4 is 28.2 Å². The number of aromatic hydroxyl groups is 1. The summed E-state index contributed by atoms with van der Waals surface area (Å²) in [6, 6.07) is 11.0. The number of carbonyl (C=O) groups excluding carboxylic acids is 2. The number of rotatable bonds is 12. The smallest absolute Gasteiger partial charge is 0.329 e. The van der Waals surface area contributed by atoms with Crippen LogP contribution in [0.25, 0.3) is 11.3 Å². The molecule has 2 aromatic carbocycles. The van der Waals surface area contributed by atoms with Crippen LogP contribution in [0, 0.1) is 5.82 Å². The molecule has 0 fully saturated rings. The lowest BCUT2D eigenvalue weighted by Gasteiger charge is -2.24. The number of benzene rings is 2. The van der Waals surface area contributed by atoms with Gasteiger partial charge in [-0.1, -0.05) is 26.0 Å². The van der Waals surface area contributed by atoms with Crippen molar-refractivity contribution in [1.29, 1.82) is 0 Å². The Morgan fingerprint density at radius 2 is 1.95 bits per heavy atom. The number of Topliss-reactive ketones (excluding diaryl/α,β-unsaturated/α-hetero) is 1. The number of hydrogen-bond acceptors (Lipinski definition) is 8. The number of nitrogens with one attached hydrogen (secondary N) is 2. The van der Waals surface area contributed by atoms with E-state index in [2.05, 4.69) is 15.3 Å². The number of carbonyl (C=O) groups is 2. The van der Waals surface area contributed by atoms with Crippen LogP contribution in [-0.2, 0) is 9.53 Å². The maximum Gasteiger partial charge on any atom is 0.329 e. The van der Waals surface area contributed by atoms with Crippen molar-refractivity contribution < 1.29 is 28.6 Å². The molecule has 0 radical (unpaired) electrons. The Morgan fingerprint density at radius 3 is 2.62 bits per heavy atom. The molecule has 0 aliphatic carbocycles. The van der Waals surface area contributed by atoms with Gasteiger partial charge < -0.3 is 24.9 Å². The number of imidazole rings is 1. The van der Waals surface area contributed by atoms with Crippen molar-refractivity contribution in [1.82, 2.24) is 14.5 Å². The molecule has 4 aromatic rings. The van der Waals surface area contributed by atoms with E-state index in [0.717, 1.165) is 15.9 Å². The molecule has 2 aromatic heterocycles. The number of ketones is 1. The maximum atomic E-state index is 14.1. The van der Waals surface area contributed by atoms with Gasteiger partial charge in [0.2, 0.25) is 11.8 Å². The second-order valence-electron chi connectivity index (χ2n) is 8.96. The van der Waals surface area contributed by atoms with Crippen LogP contribution in [0.2, 0.25) is 0 Å². The molecule has 0 bridgehead atoms. The minimum absolute atomic E-state index is 0.0998. The Morgan fingerprint density at radius 1 is 1.20 bits per heavy atom. The van der Waals surface area contributed by atoms with E-state index in [1.54, 1.807) is 51.3 Å². The van der Waals surface area contributed by atoms with Crippen molar-refractivity contribution in [3.63, 3.8) is 0 Å². The topological polar surface area (TPSA) is 136 Å². The second-order valence-corrected chi connectivity index (χ2v) is 9.81. The monoisotopic (exact) mass is 568 g/mol. The fraction of sp³-hybridized carbons (Fsp3) is 0.286. The first kappa shape index (κ1) is 28.7. The molecule has 10 nitrogen and oxygen atoms in total. The van der Waals surface area contributed by atoms with E-state index in [9.17, 15) is 23.9 Å². The third-order valence-electron chi connectivity index (χ3n) is 6.34. The van der Waals surface area contributed by atoms with Crippen LogP contribution >= 0.6 is 11.3 Å². The van der Waals surface area contributed by atoms with Gasteiger partial charge in [0.15, 0.2) is 10.9 Å². The van der Waals surface area contributed by atoms with Crippen LogP contribution in [0.4, 0.5) is 9.52 Å². The summed E-state index contributed by atoms with van der Waals surface area (Å²) in [5.41, 5.74) is 0.497. The maximum absolute atomic E-state index is 14.1. The number of aromatic nitrogens is 3. The highest BCUT2D eigenvalue weighted by molar-refractivity contribution is 7.14. The number of amides is 1. The fourth-order valence-electron chi connectivity index (χ4n) is 4.22. The first-order valence-electron chi connectivity index (χ1n) is 12.5. The van der Waals surface area contributed by atoms with Crippen LogP contribution in [0.5, 0.6) is 11.6 Å². The lowest BCUT2D eigenvalue weighted by Crippen LogP contribution is -2.35. The third kappa shape index (κ3) is 6.29. The number of H-pyrrole nitrogens is 1. The summed E-state index contributed by atoms with van der Waals surface area (Å²) in [5, 5.41) is 15.6. The number of ether oxygens (including phenoxy) is 2.